The lowest BCUT2D eigenvalue weighted by Gasteiger charge is -2.33. The van der Waals surface area contributed by atoms with Crippen LogP contribution >= 0.6 is 0 Å². The van der Waals surface area contributed by atoms with Gasteiger partial charge in [-0.3, -0.25) is 0 Å². The van der Waals surface area contributed by atoms with E-state index >= 15 is 0 Å². The van der Waals surface area contributed by atoms with Crippen molar-refractivity contribution >= 4 is 16.9 Å². The molecule has 2 aliphatic rings. The summed E-state index contributed by atoms with van der Waals surface area (Å²) >= 11 is 0. The molecule has 0 spiro atoms. The molecule has 2 aromatic heterocycles. The first-order valence-electron chi connectivity index (χ1n) is 9.31. The van der Waals surface area contributed by atoms with Crippen molar-refractivity contribution in [3.63, 3.8) is 0 Å². The average molecular weight is 351 g/mol. The van der Waals surface area contributed by atoms with Gasteiger partial charge < -0.3 is 14.8 Å². The molecule has 134 valence electrons. The molecule has 5 nitrogen and oxygen atoms in total. The third kappa shape index (κ3) is 2.65. The molecule has 0 bridgehead atoms. The van der Waals surface area contributed by atoms with E-state index in [2.05, 4.69) is 33.3 Å². The highest BCUT2D eigenvalue weighted by Gasteiger charge is 2.31. The normalized spacial score (nSPS) is 20.7. The highest BCUT2D eigenvalue weighted by atomic mass is 19.1. The van der Waals surface area contributed by atoms with Gasteiger partial charge in [0.05, 0.1) is 5.39 Å². The van der Waals surface area contributed by atoms with Gasteiger partial charge in [0.25, 0.3) is 0 Å². The van der Waals surface area contributed by atoms with Crippen molar-refractivity contribution in [3.8, 4) is 5.69 Å². The molecule has 1 atom stereocenters. The predicted octanol–water partition coefficient (Wildman–Crippen LogP) is 3.24. The van der Waals surface area contributed by atoms with Gasteiger partial charge in [-0.1, -0.05) is 6.07 Å². The van der Waals surface area contributed by atoms with Crippen molar-refractivity contribution < 1.29 is 4.39 Å². The maximum absolute atomic E-state index is 13.8. The summed E-state index contributed by atoms with van der Waals surface area (Å²) in [5, 5.41) is 4.62. The van der Waals surface area contributed by atoms with E-state index in [4.69, 9.17) is 0 Å². The maximum Gasteiger partial charge on any atom is 0.150 e. The first-order chi connectivity index (χ1) is 12.7. The van der Waals surface area contributed by atoms with E-state index in [9.17, 15) is 4.39 Å². The molecule has 5 rings (SSSR count). The summed E-state index contributed by atoms with van der Waals surface area (Å²) in [6.07, 6.45) is 6.18. The minimum absolute atomic E-state index is 0.234. The summed E-state index contributed by atoms with van der Waals surface area (Å²) in [5.74, 6) is 1.35. The Hall–Kier alpha value is -2.47. The minimum Gasteiger partial charge on any atom is -0.353 e. The first kappa shape index (κ1) is 15.8. The zero-order valence-corrected chi connectivity index (χ0v) is 14.8. The zero-order valence-electron chi connectivity index (χ0n) is 14.8. The van der Waals surface area contributed by atoms with Gasteiger partial charge in [-0.05, 0) is 49.4 Å². The Morgan fingerprint density at radius 2 is 2.12 bits per heavy atom. The Bertz CT molecular complexity index is 962. The monoisotopic (exact) mass is 351 g/mol. The summed E-state index contributed by atoms with van der Waals surface area (Å²) in [6.45, 7) is 5.02. The quantitative estimate of drug-likeness (QED) is 0.787. The Morgan fingerprint density at radius 1 is 1.23 bits per heavy atom. The summed E-state index contributed by atoms with van der Waals surface area (Å²) < 4.78 is 15.8. The third-order valence-electron chi connectivity index (χ3n) is 5.36. The molecule has 6 heteroatoms. The molecule has 1 saturated carbocycles. The molecule has 1 aliphatic heterocycles. The molecule has 1 unspecified atom stereocenters. The number of halogens is 1. The van der Waals surface area contributed by atoms with Crippen LogP contribution in [0.25, 0.3) is 16.7 Å². The van der Waals surface area contributed by atoms with Crippen LogP contribution in [0.3, 0.4) is 0 Å². The SMILES string of the molecule is CC1CN(c2ncnc3c2c(C2CC2)cn3-c2cccc(F)c2)CCN1. The van der Waals surface area contributed by atoms with Gasteiger partial charge in [0, 0.05) is 37.6 Å². The second kappa shape index (κ2) is 6.06. The Labute approximate surface area is 151 Å². The molecule has 3 heterocycles. The largest absolute Gasteiger partial charge is 0.353 e. The van der Waals surface area contributed by atoms with E-state index in [1.54, 1.807) is 18.5 Å². The Kier molecular flexibility index (Phi) is 3.67. The van der Waals surface area contributed by atoms with Crippen LogP contribution in [0.15, 0.2) is 36.8 Å². The van der Waals surface area contributed by atoms with Gasteiger partial charge in [0.2, 0.25) is 0 Å². The molecule has 0 radical (unpaired) electrons. The molecule has 26 heavy (non-hydrogen) atoms. The van der Waals surface area contributed by atoms with E-state index in [0.717, 1.165) is 42.2 Å². The van der Waals surface area contributed by atoms with Crippen molar-refractivity contribution in [3.05, 3.63) is 48.2 Å². The van der Waals surface area contributed by atoms with Crippen LogP contribution in [-0.2, 0) is 0 Å². The fourth-order valence-electron chi connectivity index (χ4n) is 3.96. The van der Waals surface area contributed by atoms with Gasteiger partial charge in [0.15, 0.2) is 0 Å². The molecule has 0 amide bonds. The number of rotatable bonds is 3. The van der Waals surface area contributed by atoms with Crippen LogP contribution in [0, 0.1) is 5.82 Å². The molecule has 1 saturated heterocycles. The fraction of sp³-hybridized carbons (Fsp3) is 0.400. The Morgan fingerprint density at radius 3 is 2.88 bits per heavy atom. The van der Waals surface area contributed by atoms with Crippen molar-refractivity contribution in [2.75, 3.05) is 24.5 Å². The summed E-state index contributed by atoms with van der Waals surface area (Å²) in [6, 6.07) is 7.13. The van der Waals surface area contributed by atoms with Gasteiger partial charge >= 0.3 is 0 Å². The topological polar surface area (TPSA) is 46.0 Å². The van der Waals surface area contributed by atoms with E-state index < -0.39 is 0 Å². The number of hydrogen-bond acceptors (Lipinski definition) is 4. The van der Waals surface area contributed by atoms with Crippen LogP contribution < -0.4 is 10.2 Å². The zero-order chi connectivity index (χ0) is 17.7. The molecule has 1 N–H and O–H groups in total. The lowest BCUT2D eigenvalue weighted by atomic mass is 10.1. The van der Waals surface area contributed by atoms with Gasteiger partial charge in [-0.2, -0.15) is 0 Å². The van der Waals surface area contributed by atoms with E-state index in [0.29, 0.717) is 12.0 Å². The standard InChI is InChI=1S/C20H22FN5/c1-13-10-25(8-7-22-13)19-18-17(14-5-6-14)11-26(20(18)24-12-23-19)16-4-2-3-15(21)9-16/h2-4,9,11-14,22H,5-8,10H2,1H3. The first-order valence-corrected chi connectivity index (χ1v) is 9.31. The van der Waals surface area contributed by atoms with Crippen LogP contribution in [0.1, 0.15) is 31.2 Å². The molecule has 2 fully saturated rings. The maximum atomic E-state index is 13.8. The molecular weight excluding hydrogens is 329 g/mol. The van der Waals surface area contributed by atoms with E-state index in [1.165, 1.54) is 24.5 Å². The van der Waals surface area contributed by atoms with Gasteiger partial charge in [0.1, 0.15) is 23.6 Å². The van der Waals surface area contributed by atoms with Gasteiger partial charge in [-0.25, -0.2) is 14.4 Å². The highest BCUT2D eigenvalue weighted by Crippen LogP contribution is 2.46. The second-order valence-corrected chi connectivity index (χ2v) is 7.41. The van der Waals surface area contributed by atoms with Crippen LogP contribution in [-0.4, -0.2) is 40.2 Å². The van der Waals surface area contributed by atoms with E-state index in [-0.39, 0.29) is 5.82 Å². The molecule has 1 aliphatic carbocycles. The lowest BCUT2D eigenvalue weighted by molar-refractivity contribution is 0.483. The number of hydrogen-bond donors (Lipinski definition) is 1. The smallest absolute Gasteiger partial charge is 0.150 e. The number of anilines is 1. The van der Waals surface area contributed by atoms with Crippen molar-refractivity contribution in [1.29, 1.82) is 0 Å². The molecular formula is C20H22FN5. The van der Waals surface area contributed by atoms with Gasteiger partial charge in [-0.15, -0.1) is 0 Å². The predicted molar refractivity (Wildman–Crippen MR) is 100 cm³/mol. The van der Waals surface area contributed by atoms with Crippen LogP contribution in [0.2, 0.25) is 0 Å². The van der Waals surface area contributed by atoms with Crippen LogP contribution in [0.5, 0.6) is 0 Å². The number of benzene rings is 1. The number of piperazine rings is 1. The van der Waals surface area contributed by atoms with Crippen LogP contribution in [0.4, 0.5) is 10.2 Å². The minimum atomic E-state index is -0.234. The summed E-state index contributed by atoms with van der Waals surface area (Å²) in [7, 11) is 0. The number of fused-ring (bicyclic) bond motifs is 1. The number of nitrogens with zero attached hydrogens (tertiary/aromatic N) is 4. The van der Waals surface area contributed by atoms with Crippen molar-refractivity contribution in [2.45, 2.75) is 31.7 Å². The molecule has 3 aromatic rings. The van der Waals surface area contributed by atoms with Crippen molar-refractivity contribution in [2.24, 2.45) is 0 Å². The fourth-order valence-corrected chi connectivity index (χ4v) is 3.96. The molecule has 1 aromatic carbocycles. The summed E-state index contributed by atoms with van der Waals surface area (Å²) in [4.78, 5) is 11.6. The lowest BCUT2D eigenvalue weighted by Crippen LogP contribution is -2.49. The highest BCUT2D eigenvalue weighted by molar-refractivity contribution is 5.93. The summed E-state index contributed by atoms with van der Waals surface area (Å²) in [5.41, 5.74) is 2.97. The third-order valence-corrected chi connectivity index (χ3v) is 5.36. The second-order valence-electron chi connectivity index (χ2n) is 7.41. The number of aromatic nitrogens is 3. The van der Waals surface area contributed by atoms with Crippen molar-refractivity contribution in [1.82, 2.24) is 19.9 Å². The average Bonchev–Trinajstić information content (AvgIpc) is 3.41. The Balaban J connectivity index is 1.70. The van der Waals surface area contributed by atoms with E-state index in [1.807, 2.05) is 10.6 Å². The number of nitrogens with one attached hydrogen (secondary N) is 1.